The zero-order chi connectivity index (χ0) is 17.6. The number of benzene rings is 1. The second-order valence-corrected chi connectivity index (χ2v) is 7.13. The Morgan fingerprint density at radius 3 is 2.64 bits per heavy atom. The molecule has 1 saturated carbocycles. The summed E-state index contributed by atoms with van der Waals surface area (Å²) in [6.07, 6.45) is 6.02. The van der Waals surface area contributed by atoms with E-state index in [2.05, 4.69) is 10.2 Å². The van der Waals surface area contributed by atoms with E-state index < -0.39 is 5.97 Å². The maximum absolute atomic E-state index is 10.8. The molecular weight excluding hydrogens is 340 g/mol. The molecule has 0 amide bonds. The van der Waals surface area contributed by atoms with Gasteiger partial charge in [0.25, 0.3) is 0 Å². The van der Waals surface area contributed by atoms with Gasteiger partial charge in [-0.25, -0.2) is 9.47 Å². The summed E-state index contributed by atoms with van der Waals surface area (Å²) in [5, 5.41) is 18.0. The van der Waals surface area contributed by atoms with Crippen molar-refractivity contribution in [1.82, 2.24) is 14.9 Å². The summed E-state index contributed by atoms with van der Waals surface area (Å²) in [6, 6.07) is 6.36. The van der Waals surface area contributed by atoms with E-state index in [-0.39, 0.29) is 5.56 Å². The van der Waals surface area contributed by atoms with E-state index in [1.54, 1.807) is 16.8 Å². The normalized spacial score (nSPS) is 15.2. The van der Waals surface area contributed by atoms with Gasteiger partial charge in [-0.2, -0.15) is 0 Å². The monoisotopic (exact) mass is 362 g/mol. The molecule has 0 saturated heterocycles. The summed E-state index contributed by atoms with van der Waals surface area (Å²) >= 11 is 1.50. The summed E-state index contributed by atoms with van der Waals surface area (Å²) in [4.78, 5) is 10.8. The number of thioether (sulfide) groups is 1. The molecule has 134 valence electrons. The molecule has 1 fully saturated rings. The SMILES string of the molecule is Nn1c(SCCOc2ccc(C(=O)O)cc2)nnc1C1CCCCC1. The van der Waals surface area contributed by atoms with E-state index in [9.17, 15) is 4.79 Å². The Labute approximate surface area is 150 Å². The van der Waals surface area contributed by atoms with Crippen LogP contribution >= 0.6 is 11.8 Å². The Balaban J connectivity index is 1.47. The predicted molar refractivity (Wildman–Crippen MR) is 95.6 cm³/mol. The lowest BCUT2D eigenvalue weighted by Gasteiger charge is -2.20. The van der Waals surface area contributed by atoms with Gasteiger partial charge in [-0.3, -0.25) is 0 Å². The molecule has 0 spiro atoms. The fourth-order valence-electron chi connectivity index (χ4n) is 3.01. The van der Waals surface area contributed by atoms with Crippen LogP contribution in [0.1, 0.15) is 54.2 Å². The Morgan fingerprint density at radius 2 is 1.96 bits per heavy atom. The first-order valence-corrected chi connectivity index (χ1v) is 9.43. The first-order chi connectivity index (χ1) is 12.1. The molecule has 1 aliphatic carbocycles. The van der Waals surface area contributed by atoms with Gasteiger partial charge < -0.3 is 15.7 Å². The molecule has 0 unspecified atom stereocenters. The van der Waals surface area contributed by atoms with Gasteiger partial charge in [0, 0.05) is 11.7 Å². The minimum atomic E-state index is -0.946. The van der Waals surface area contributed by atoms with Crippen molar-refractivity contribution < 1.29 is 14.6 Å². The van der Waals surface area contributed by atoms with Gasteiger partial charge in [-0.05, 0) is 37.1 Å². The highest BCUT2D eigenvalue weighted by atomic mass is 32.2. The lowest BCUT2D eigenvalue weighted by atomic mass is 9.89. The summed E-state index contributed by atoms with van der Waals surface area (Å²) in [5.41, 5.74) is 0.244. The smallest absolute Gasteiger partial charge is 0.335 e. The summed E-state index contributed by atoms with van der Waals surface area (Å²) < 4.78 is 7.23. The highest BCUT2D eigenvalue weighted by molar-refractivity contribution is 7.99. The first-order valence-electron chi connectivity index (χ1n) is 8.44. The van der Waals surface area contributed by atoms with Crippen LogP contribution in [0, 0.1) is 0 Å². The number of nitrogen functional groups attached to an aromatic ring is 1. The van der Waals surface area contributed by atoms with Crippen LogP contribution in [0.5, 0.6) is 5.75 Å². The molecule has 1 aliphatic rings. The third kappa shape index (κ3) is 4.45. The van der Waals surface area contributed by atoms with Crippen LogP contribution in [0.2, 0.25) is 0 Å². The molecular formula is C17H22N4O3S. The van der Waals surface area contributed by atoms with E-state index in [0.717, 1.165) is 18.7 Å². The van der Waals surface area contributed by atoms with Gasteiger partial charge in [0.1, 0.15) is 5.75 Å². The summed E-state index contributed by atoms with van der Waals surface area (Å²) in [7, 11) is 0. The molecule has 0 atom stereocenters. The van der Waals surface area contributed by atoms with Gasteiger partial charge in [0.2, 0.25) is 5.16 Å². The molecule has 7 nitrogen and oxygen atoms in total. The second kappa shape index (κ2) is 8.24. The number of carboxylic acids is 1. The Bertz CT molecular complexity index is 711. The molecule has 25 heavy (non-hydrogen) atoms. The third-order valence-corrected chi connectivity index (χ3v) is 5.25. The number of ether oxygens (including phenoxy) is 1. The molecule has 2 aromatic rings. The highest BCUT2D eigenvalue weighted by Crippen LogP contribution is 2.32. The van der Waals surface area contributed by atoms with Crippen molar-refractivity contribution in [1.29, 1.82) is 0 Å². The zero-order valence-corrected chi connectivity index (χ0v) is 14.7. The lowest BCUT2D eigenvalue weighted by molar-refractivity contribution is 0.0697. The lowest BCUT2D eigenvalue weighted by Crippen LogP contribution is -2.18. The third-order valence-electron chi connectivity index (χ3n) is 4.35. The topological polar surface area (TPSA) is 103 Å². The van der Waals surface area contributed by atoms with Gasteiger partial charge in [-0.15, -0.1) is 10.2 Å². The summed E-state index contributed by atoms with van der Waals surface area (Å²) in [5.74, 6) is 7.83. The van der Waals surface area contributed by atoms with Crippen LogP contribution < -0.4 is 10.6 Å². The number of aromatic nitrogens is 3. The summed E-state index contributed by atoms with van der Waals surface area (Å²) in [6.45, 7) is 0.475. The maximum atomic E-state index is 10.8. The van der Waals surface area contributed by atoms with E-state index in [0.29, 0.717) is 29.2 Å². The van der Waals surface area contributed by atoms with Crippen molar-refractivity contribution >= 4 is 17.7 Å². The minimum Gasteiger partial charge on any atom is -0.493 e. The van der Waals surface area contributed by atoms with Gasteiger partial charge in [0.15, 0.2) is 5.82 Å². The van der Waals surface area contributed by atoms with E-state index in [1.165, 1.54) is 43.2 Å². The maximum Gasteiger partial charge on any atom is 0.335 e. The number of carboxylic acid groups (broad SMARTS) is 1. The van der Waals surface area contributed by atoms with E-state index in [4.69, 9.17) is 15.7 Å². The number of nitrogens with zero attached hydrogens (tertiary/aromatic N) is 3. The Hall–Kier alpha value is -2.22. The average Bonchev–Trinajstić information content (AvgIpc) is 3.00. The van der Waals surface area contributed by atoms with Gasteiger partial charge >= 0.3 is 5.97 Å². The fraction of sp³-hybridized carbons (Fsp3) is 0.471. The second-order valence-electron chi connectivity index (χ2n) is 6.07. The number of rotatable bonds is 7. The largest absolute Gasteiger partial charge is 0.493 e. The molecule has 3 rings (SSSR count). The number of aromatic carboxylic acids is 1. The standard InChI is InChI=1S/C17H22N4O3S/c18-21-15(12-4-2-1-3-5-12)19-20-17(21)25-11-10-24-14-8-6-13(7-9-14)16(22)23/h6-9,12H,1-5,10-11,18H2,(H,22,23). The highest BCUT2D eigenvalue weighted by Gasteiger charge is 2.22. The minimum absolute atomic E-state index is 0.244. The van der Waals surface area contributed by atoms with E-state index >= 15 is 0 Å². The molecule has 0 radical (unpaired) electrons. The van der Waals surface area contributed by atoms with Crippen LogP contribution in [0.25, 0.3) is 0 Å². The quantitative estimate of drug-likeness (QED) is 0.443. The molecule has 1 aromatic carbocycles. The predicted octanol–water partition coefficient (Wildman–Crippen LogP) is 2.91. The number of carbonyl (C=O) groups is 1. The van der Waals surface area contributed by atoms with Crippen molar-refractivity contribution in [2.45, 2.75) is 43.2 Å². The van der Waals surface area contributed by atoms with Gasteiger partial charge in [-0.1, -0.05) is 31.0 Å². The number of nitrogens with two attached hydrogens (primary N) is 1. The van der Waals surface area contributed by atoms with Gasteiger partial charge in [0.05, 0.1) is 12.2 Å². The van der Waals surface area contributed by atoms with Crippen molar-refractivity contribution in [3.8, 4) is 5.75 Å². The number of hydrogen-bond acceptors (Lipinski definition) is 6. The fourth-order valence-corrected chi connectivity index (χ4v) is 3.69. The average molecular weight is 362 g/mol. The van der Waals surface area contributed by atoms with Crippen LogP contribution in [0.4, 0.5) is 0 Å². The first kappa shape index (κ1) is 17.6. The van der Waals surface area contributed by atoms with Crippen molar-refractivity contribution in [2.24, 2.45) is 0 Å². The van der Waals surface area contributed by atoms with Crippen LogP contribution in [0.3, 0.4) is 0 Å². The zero-order valence-electron chi connectivity index (χ0n) is 13.9. The molecule has 0 bridgehead atoms. The Morgan fingerprint density at radius 1 is 1.24 bits per heavy atom. The molecule has 1 heterocycles. The van der Waals surface area contributed by atoms with Crippen LogP contribution in [-0.4, -0.2) is 38.3 Å². The number of hydrogen-bond donors (Lipinski definition) is 2. The van der Waals surface area contributed by atoms with Crippen LogP contribution in [-0.2, 0) is 0 Å². The van der Waals surface area contributed by atoms with E-state index in [1.807, 2.05) is 0 Å². The molecule has 3 N–H and O–H groups in total. The molecule has 8 heteroatoms. The molecule has 1 aromatic heterocycles. The van der Waals surface area contributed by atoms with Crippen LogP contribution in [0.15, 0.2) is 29.4 Å². The van der Waals surface area contributed by atoms with Crippen molar-refractivity contribution in [3.63, 3.8) is 0 Å². The molecule has 0 aliphatic heterocycles. The van der Waals surface area contributed by atoms with Crippen molar-refractivity contribution in [2.75, 3.05) is 18.2 Å². The Kier molecular flexibility index (Phi) is 5.80. The van der Waals surface area contributed by atoms with Crippen molar-refractivity contribution in [3.05, 3.63) is 35.7 Å².